The molecule has 1 atom stereocenters. The zero-order valence-corrected chi connectivity index (χ0v) is 9.08. The number of rotatable bonds is 4. The lowest BCUT2D eigenvalue weighted by atomic mass is 10.1. The van der Waals surface area contributed by atoms with Gasteiger partial charge in [0.1, 0.15) is 5.75 Å². The van der Waals surface area contributed by atoms with Crippen LogP contribution in [0.2, 0.25) is 0 Å². The molecule has 1 aromatic rings. The summed E-state index contributed by atoms with van der Waals surface area (Å²) >= 11 is 0. The fourth-order valence-electron chi connectivity index (χ4n) is 1.19. The summed E-state index contributed by atoms with van der Waals surface area (Å²) in [6.07, 6.45) is 2.66. The van der Waals surface area contributed by atoms with Crippen molar-refractivity contribution < 1.29 is 14.8 Å². The highest BCUT2D eigenvalue weighted by atomic mass is 16.6. The van der Waals surface area contributed by atoms with Gasteiger partial charge in [-0.2, -0.15) is 0 Å². The maximum atomic E-state index is 10.5. The van der Waals surface area contributed by atoms with Crippen LogP contribution >= 0.6 is 0 Å². The predicted molar refractivity (Wildman–Crippen MR) is 60.4 cm³/mol. The Morgan fingerprint density at radius 3 is 2.75 bits per heavy atom. The summed E-state index contributed by atoms with van der Waals surface area (Å²) in [5, 5.41) is 19.6. The molecule has 0 saturated carbocycles. The van der Waals surface area contributed by atoms with E-state index in [1.807, 2.05) is 0 Å². The molecule has 0 saturated heterocycles. The Hall–Kier alpha value is -1.88. The van der Waals surface area contributed by atoms with Crippen LogP contribution in [-0.2, 0) is 0 Å². The highest BCUT2D eigenvalue weighted by molar-refractivity contribution is 5.60. The van der Waals surface area contributed by atoms with E-state index >= 15 is 0 Å². The number of non-ortho nitro benzene ring substituents is 1. The predicted octanol–water partition coefficient (Wildman–Crippen LogP) is 2.00. The van der Waals surface area contributed by atoms with E-state index in [1.54, 1.807) is 25.1 Å². The van der Waals surface area contributed by atoms with Gasteiger partial charge in [0.25, 0.3) is 5.69 Å². The molecule has 0 spiro atoms. The molecular formula is C11H13NO4. The Morgan fingerprint density at radius 1 is 1.56 bits per heavy atom. The van der Waals surface area contributed by atoms with Crippen LogP contribution in [0.15, 0.2) is 24.3 Å². The fourth-order valence-corrected chi connectivity index (χ4v) is 1.19. The van der Waals surface area contributed by atoms with E-state index in [4.69, 9.17) is 9.84 Å². The molecule has 1 aromatic carbocycles. The molecule has 0 heterocycles. The summed E-state index contributed by atoms with van der Waals surface area (Å²) in [7, 11) is 1.44. The average molecular weight is 223 g/mol. The van der Waals surface area contributed by atoms with Gasteiger partial charge in [-0.15, -0.1) is 0 Å². The molecule has 0 amide bonds. The van der Waals surface area contributed by atoms with E-state index in [1.165, 1.54) is 19.2 Å². The number of nitro benzene ring substituents is 1. The van der Waals surface area contributed by atoms with Gasteiger partial charge >= 0.3 is 0 Å². The maximum absolute atomic E-state index is 10.5. The second kappa shape index (κ2) is 5.27. The minimum absolute atomic E-state index is 0.0222. The van der Waals surface area contributed by atoms with Crippen LogP contribution in [0.5, 0.6) is 5.75 Å². The second-order valence-corrected chi connectivity index (χ2v) is 3.28. The van der Waals surface area contributed by atoms with Gasteiger partial charge in [-0.3, -0.25) is 10.1 Å². The molecule has 0 bridgehead atoms. The molecule has 0 aliphatic heterocycles. The summed E-state index contributed by atoms with van der Waals surface area (Å²) in [6, 6.07) is 4.32. The number of nitrogens with zero attached hydrogens (tertiary/aromatic N) is 1. The smallest absolute Gasteiger partial charge is 0.273 e. The van der Waals surface area contributed by atoms with Crippen LogP contribution in [0.4, 0.5) is 5.69 Å². The van der Waals surface area contributed by atoms with E-state index in [0.29, 0.717) is 11.3 Å². The van der Waals surface area contributed by atoms with Crippen molar-refractivity contribution in [1.29, 1.82) is 0 Å². The highest BCUT2D eigenvalue weighted by Crippen LogP contribution is 2.25. The molecule has 1 rings (SSSR count). The number of hydrogen-bond acceptors (Lipinski definition) is 4. The van der Waals surface area contributed by atoms with Crippen molar-refractivity contribution in [1.82, 2.24) is 0 Å². The van der Waals surface area contributed by atoms with Gasteiger partial charge in [-0.05, 0) is 13.0 Å². The van der Waals surface area contributed by atoms with Gasteiger partial charge < -0.3 is 9.84 Å². The Kier molecular flexibility index (Phi) is 4.02. The molecule has 0 aliphatic rings. The highest BCUT2D eigenvalue weighted by Gasteiger charge is 2.09. The number of aliphatic hydroxyl groups excluding tert-OH is 1. The van der Waals surface area contributed by atoms with Crippen LogP contribution < -0.4 is 4.74 Å². The summed E-state index contributed by atoms with van der Waals surface area (Å²) in [5.74, 6) is 0.408. The Balaban J connectivity index is 3.07. The van der Waals surface area contributed by atoms with Gasteiger partial charge in [0.05, 0.1) is 24.2 Å². The number of hydrogen-bond donors (Lipinski definition) is 1. The molecular weight excluding hydrogens is 210 g/mol. The van der Waals surface area contributed by atoms with Crippen LogP contribution in [0.3, 0.4) is 0 Å². The third kappa shape index (κ3) is 3.06. The first-order valence-corrected chi connectivity index (χ1v) is 4.73. The van der Waals surface area contributed by atoms with Crippen molar-refractivity contribution in [3.05, 3.63) is 40.0 Å². The Morgan fingerprint density at radius 2 is 2.25 bits per heavy atom. The summed E-state index contributed by atoms with van der Waals surface area (Å²) < 4.78 is 5.03. The van der Waals surface area contributed by atoms with Crippen molar-refractivity contribution in [2.75, 3.05) is 7.11 Å². The van der Waals surface area contributed by atoms with E-state index in [-0.39, 0.29) is 5.69 Å². The normalized spacial score (nSPS) is 12.7. The van der Waals surface area contributed by atoms with Crippen molar-refractivity contribution in [2.45, 2.75) is 13.0 Å². The van der Waals surface area contributed by atoms with E-state index in [9.17, 15) is 10.1 Å². The molecule has 1 unspecified atom stereocenters. The molecule has 0 aliphatic carbocycles. The second-order valence-electron chi connectivity index (χ2n) is 3.28. The van der Waals surface area contributed by atoms with Crippen LogP contribution in [0.1, 0.15) is 12.5 Å². The lowest BCUT2D eigenvalue weighted by Crippen LogP contribution is -1.94. The summed E-state index contributed by atoms with van der Waals surface area (Å²) in [4.78, 5) is 10.1. The minimum Gasteiger partial charge on any atom is -0.496 e. The standard InChI is InChI=1S/C11H13NO4/c1-8(13)3-4-9-5-6-10(12(14)15)7-11(9)16-2/h3-8,13H,1-2H3. The average Bonchev–Trinajstić information content (AvgIpc) is 2.25. The van der Waals surface area contributed by atoms with Gasteiger partial charge in [-0.1, -0.05) is 12.2 Å². The number of benzene rings is 1. The van der Waals surface area contributed by atoms with Crippen LogP contribution in [0, 0.1) is 10.1 Å². The van der Waals surface area contributed by atoms with Crippen molar-refractivity contribution in [2.24, 2.45) is 0 Å². The van der Waals surface area contributed by atoms with Gasteiger partial charge in [0.15, 0.2) is 0 Å². The van der Waals surface area contributed by atoms with Gasteiger partial charge in [0, 0.05) is 11.6 Å². The van der Waals surface area contributed by atoms with E-state index in [2.05, 4.69) is 0 Å². The van der Waals surface area contributed by atoms with Crippen LogP contribution in [-0.4, -0.2) is 23.2 Å². The molecule has 0 radical (unpaired) electrons. The van der Waals surface area contributed by atoms with Crippen molar-refractivity contribution in [3.8, 4) is 5.75 Å². The third-order valence-corrected chi connectivity index (χ3v) is 1.98. The first kappa shape index (κ1) is 12.2. The van der Waals surface area contributed by atoms with E-state index < -0.39 is 11.0 Å². The molecule has 86 valence electrons. The Labute approximate surface area is 93.1 Å². The first-order valence-electron chi connectivity index (χ1n) is 4.73. The summed E-state index contributed by atoms with van der Waals surface area (Å²) in [6.45, 7) is 1.62. The molecule has 5 nitrogen and oxygen atoms in total. The van der Waals surface area contributed by atoms with E-state index in [0.717, 1.165) is 0 Å². The zero-order valence-electron chi connectivity index (χ0n) is 9.08. The summed E-state index contributed by atoms with van der Waals surface area (Å²) in [5.41, 5.74) is 0.667. The largest absolute Gasteiger partial charge is 0.496 e. The first-order chi connectivity index (χ1) is 7.54. The fraction of sp³-hybridized carbons (Fsp3) is 0.273. The number of nitro groups is 1. The quantitative estimate of drug-likeness (QED) is 0.625. The van der Waals surface area contributed by atoms with Crippen LogP contribution in [0.25, 0.3) is 6.08 Å². The number of aliphatic hydroxyl groups is 1. The van der Waals surface area contributed by atoms with Crippen molar-refractivity contribution in [3.63, 3.8) is 0 Å². The number of methoxy groups -OCH3 is 1. The molecule has 0 fully saturated rings. The number of ether oxygens (including phenoxy) is 1. The molecule has 1 N–H and O–H groups in total. The van der Waals surface area contributed by atoms with Crippen molar-refractivity contribution >= 4 is 11.8 Å². The SMILES string of the molecule is COc1cc([N+](=O)[O-])ccc1C=CC(C)O. The maximum Gasteiger partial charge on any atom is 0.273 e. The topological polar surface area (TPSA) is 72.6 Å². The molecule has 5 heteroatoms. The van der Waals surface area contributed by atoms with Gasteiger partial charge in [-0.25, -0.2) is 0 Å². The third-order valence-electron chi connectivity index (χ3n) is 1.98. The Bertz CT molecular complexity index is 412. The lowest BCUT2D eigenvalue weighted by Gasteiger charge is -2.04. The minimum atomic E-state index is -0.570. The monoisotopic (exact) mass is 223 g/mol. The van der Waals surface area contributed by atoms with Gasteiger partial charge in [0.2, 0.25) is 0 Å². The molecule has 0 aromatic heterocycles. The zero-order chi connectivity index (χ0) is 12.1. The lowest BCUT2D eigenvalue weighted by molar-refractivity contribution is -0.384. The molecule has 16 heavy (non-hydrogen) atoms.